The highest BCUT2D eigenvalue weighted by Crippen LogP contribution is 2.28. The summed E-state index contributed by atoms with van der Waals surface area (Å²) < 4.78 is 0. The molecule has 1 aromatic heterocycles. The molecule has 0 bridgehead atoms. The molecule has 1 aromatic rings. The van der Waals surface area contributed by atoms with Crippen molar-refractivity contribution in [2.24, 2.45) is 0 Å². The first-order valence-corrected chi connectivity index (χ1v) is 6.59. The number of carbonyl (C=O) groups is 1. The van der Waals surface area contributed by atoms with Crippen molar-refractivity contribution < 1.29 is 9.90 Å². The molecule has 0 fully saturated rings. The molecule has 1 unspecified atom stereocenters. The molecule has 0 saturated heterocycles. The summed E-state index contributed by atoms with van der Waals surface area (Å²) in [6.45, 7) is 4.49. The Labute approximate surface area is 111 Å². The lowest BCUT2D eigenvalue weighted by molar-refractivity contribution is 0.0688. The Morgan fingerprint density at radius 1 is 1.56 bits per heavy atom. The monoisotopic (exact) mass is 272 g/mol. The molecule has 1 amide bonds. The number of hydrogen-bond donors (Lipinski definition) is 2. The van der Waals surface area contributed by atoms with Crippen LogP contribution < -0.4 is 10.6 Å². The van der Waals surface area contributed by atoms with E-state index in [1.807, 2.05) is 18.9 Å². The lowest BCUT2D eigenvalue weighted by Crippen LogP contribution is -2.37. The minimum Gasteiger partial charge on any atom is -0.394 e. The molecule has 0 aromatic carbocycles. The SMILES string of the molecule is CCN(C)c1nc(N)c(C(=O)N(C)C(C)CO)s1. The standard InChI is InChI=1S/C11H20N4O2S/c1-5-14(3)11-13-9(12)8(18-11)10(17)15(4)7(2)6-16/h7,16H,5-6,12H2,1-4H3. The maximum Gasteiger partial charge on any atom is 0.267 e. The molecule has 1 rings (SSSR count). The van der Waals surface area contributed by atoms with Gasteiger partial charge in [-0.1, -0.05) is 11.3 Å². The van der Waals surface area contributed by atoms with Crippen molar-refractivity contribution in [2.45, 2.75) is 19.9 Å². The van der Waals surface area contributed by atoms with E-state index in [2.05, 4.69) is 4.98 Å². The highest BCUT2D eigenvalue weighted by Gasteiger charge is 2.23. The van der Waals surface area contributed by atoms with Crippen LogP contribution in [0.1, 0.15) is 23.5 Å². The van der Waals surface area contributed by atoms with Crippen LogP contribution in [-0.2, 0) is 0 Å². The number of thiazole rings is 1. The number of rotatable bonds is 5. The predicted octanol–water partition coefficient (Wildman–Crippen LogP) is 0.634. The zero-order valence-electron chi connectivity index (χ0n) is 11.2. The fourth-order valence-electron chi connectivity index (χ4n) is 1.25. The first-order valence-electron chi connectivity index (χ1n) is 5.77. The van der Waals surface area contributed by atoms with Gasteiger partial charge < -0.3 is 20.6 Å². The van der Waals surface area contributed by atoms with E-state index in [0.717, 1.165) is 11.7 Å². The molecular formula is C11H20N4O2S. The highest BCUT2D eigenvalue weighted by molar-refractivity contribution is 7.18. The summed E-state index contributed by atoms with van der Waals surface area (Å²) in [6, 6.07) is -0.244. The van der Waals surface area contributed by atoms with E-state index in [1.165, 1.54) is 16.2 Å². The quantitative estimate of drug-likeness (QED) is 0.821. The third kappa shape index (κ3) is 2.91. The molecule has 7 heteroatoms. The zero-order chi connectivity index (χ0) is 13.9. The van der Waals surface area contributed by atoms with Crippen molar-refractivity contribution in [3.8, 4) is 0 Å². The predicted molar refractivity (Wildman–Crippen MR) is 74.1 cm³/mol. The summed E-state index contributed by atoms with van der Waals surface area (Å²) >= 11 is 1.27. The molecule has 102 valence electrons. The fourth-order valence-corrected chi connectivity index (χ4v) is 2.25. The number of amides is 1. The summed E-state index contributed by atoms with van der Waals surface area (Å²) in [5.41, 5.74) is 5.78. The smallest absolute Gasteiger partial charge is 0.267 e. The number of nitrogens with zero attached hydrogens (tertiary/aromatic N) is 3. The van der Waals surface area contributed by atoms with Gasteiger partial charge in [-0.3, -0.25) is 4.79 Å². The van der Waals surface area contributed by atoms with Gasteiger partial charge in [0.1, 0.15) is 10.7 Å². The van der Waals surface area contributed by atoms with Gasteiger partial charge in [0.05, 0.1) is 12.6 Å². The summed E-state index contributed by atoms with van der Waals surface area (Å²) in [7, 11) is 3.54. The summed E-state index contributed by atoms with van der Waals surface area (Å²) in [4.78, 5) is 20.2. The van der Waals surface area contributed by atoms with Crippen LogP contribution in [0.15, 0.2) is 0 Å². The molecule has 0 aliphatic rings. The lowest BCUT2D eigenvalue weighted by atomic mass is 10.3. The molecular weight excluding hydrogens is 252 g/mol. The van der Waals surface area contributed by atoms with E-state index in [-0.39, 0.29) is 24.4 Å². The zero-order valence-corrected chi connectivity index (χ0v) is 12.0. The van der Waals surface area contributed by atoms with Crippen molar-refractivity contribution in [1.82, 2.24) is 9.88 Å². The summed E-state index contributed by atoms with van der Waals surface area (Å²) in [5, 5.41) is 9.78. The second kappa shape index (κ2) is 6.01. The normalized spacial score (nSPS) is 12.3. The van der Waals surface area contributed by atoms with Gasteiger partial charge in [-0.25, -0.2) is 4.98 Å². The van der Waals surface area contributed by atoms with Gasteiger partial charge >= 0.3 is 0 Å². The summed E-state index contributed by atoms with van der Waals surface area (Å²) in [5.74, 6) is 0.0413. The van der Waals surface area contributed by atoms with Crippen molar-refractivity contribution >= 4 is 28.2 Å². The first kappa shape index (κ1) is 14.7. The molecule has 0 spiro atoms. The molecule has 6 nitrogen and oxygen atoms in total. The maximum absolute atomic E-state index is 12.2. The number of aliphatic hydroxyl groups excluding tert-OH is 1. The first-order chi connectivity index (χ1) is 8.42. The topological polar surface area (TPSA) is 82.7 Å². The van der Waals surface area contributed by atoms with E-state index in [0.29, 0.717) is 4.88 Å². The molecule has 0 aliphatic heterocycles. The minimum atomic E-state index is -0.244. The Morgan fingerprint density at radius 2 is 2.17 bits per heavy atom. The van der Waals surface area contributed by atoms with Gasteiger partial charge in [0.25, 0.3) is 5.91 Å². The van der Waals surface area contributed by atoms with Gasteiger partial charge in [-0.2, -0.15) is 0 Å². The molecule has 3 N–H and O–H groups in total. The Hall–Kier alpha value is -1.34. The third-order valence-corrected chi connectivity index (χ3v) is 4.06. The number of likely N-dealkylation sites (N-methyl/N-ethyl adjacent to an activating group) is 1. The number of aromatic nitrogens is 1. The van der Waals surface area contributed by atoms with Crippen LogP contribution in [0, 0.1) is 0 Å². The number of anilines is 2. The van der Waals surface area contributed by atoms with E-state index in [9.17, 15) is 4.79 Å². The average molecular weight is 272 g/mol. The van der Waals surface area contributed by atoms with Crippen LogP contribution >= 0.6 is 11.3 Å². The number of carbonyl (C=O) groups excluding carboxylic acids is 1. The van der Waals surface area contributed by atoms with E-state index < -0.39 is 0 Å². The highest BCUT2D eigenvalue weighted by atomic mass is 32.1. The number of nitrogens with two attached hydrogens (primary N) is 1. The van der Waals surface area contributed by atoms with Gasteiger partial charge in [-0.15, -0.1) is 0 Å². The number of nitrogen functional groups attached to an aromatic ring is 1. The van der Waals surface area contributed by atoms with Gasteiger partial charge in [0, 0.05) is 20.6 Å². The Bertz CT molecular complexity index is 421. The van der Waals surface area contributed by atoms with Crippen LogP contribution in [0.5, 0.6) is 0 Å². The minimum absolute atomic E-state index is 0.0807. The van der Waals surface area contributed by atoms with E-state index >= 15 is 0 Å². The van der Waals surface area contributed by atoms with Crippen LogP contribution in [0.2, 0.25) is 0 Å². The van der Waals surface area contributed by atoms with Gasteiger partial charge in [0.2, 0.25) is 0 Å². The average Bonchev–Trinajstić information content (AvgIpc) is 2.77. The van der Waals surface area contributed by atoms with Gasteiger partial charge in [0.15, 0.2) is 5.13 Å². The van der Waals surface area contributed by atoms with Crippen molar-refractivity contribution in [2.75, 3.05) is 37.9 Å². The van der Waals surface area contributed by atoms with E-state index in [4.69, 9.17) is 10.8 Å². The largest absolute Gasteiger partial charge is 0.394 e. The lowest BCUT2D eigenvalue weighted by Gasteiger charge is -2.22. The Balaban J connectivity index is 2.96. The molecule has 1 atom stereocenters. The van der Waals surface area contributed by atoms with Crippen molar-refractivity contribution in [3.05, 3.63) is 4.88 Å². The third-order valence-electron chi connectivity index (χ3n) is 2.88. The Kier molecular flexibility index (Phi) is 4.92. The van der Waals surface area contributed by atoms with Crippen LogP contribution in [0.25, 0.3) is 0 Å². The van der Waals surface area contributed by atoms with Crippen LogP contribution in [0.4, 0.5) is 10.9 Å². The second-order valence-electron chi connectivity index (χ2n) is 4.17. The molecule has 0 aliphatic carbocycles. The van der Waals surface area contributed by atoms with Crippen molar-refractivity contribution in [1.29, 1.82) is 0 Å². The number of hydrogen-bond acceptors (Lipinski definition) is 6. The fraction of sp³-hybridized carbons (Fsp3) is 0.636. The second-order valence-corrected chi connectivity index (χ2v) is 5.15. The molecule has 0 saturated carbocycles. The number of aliphatic hydroxyl groups is 1. The van der Waals surface area contributed by atoms with E-state index in [1.54, 1.807) is 14.0 Å². The molecule has 0 radical (unpaired) electrons. The van der Waals surface area contributed by atoms with Crippen LogP contribution in [0.3, 0.4) is 0 Å². The summed E-state index contributed by atoms with van der Waals surface area (Å²) in [6.07, 6.45) is 0. The molecule has 1 heterocycles. The van der Waals surface area contributed by atoms with Crippen molar-refractivity contribution in [3.63, 3.8) is 0 Å². The Morgan fingerprint density at radius 3 is 2.67 bits per heavy atom. The van der Waals surface area contributed by atoms with Crippen LogP contribution in [-0.4, -0.2) is 54.2 Å². The molecule has 18 heavy (non-hydrogen) atoms. The van der Waals surface area contributed by atoms with Gasteiger partial charge in [-0.05, 0) is 13.8 Å². The maximum atomic E-state index is 12.2.